The quantitative estimate of drug-likeness (QED) is 0.0262. The smallest absolute Gasteiger partial charge is 0.306 e. The Morgan fingerprint density at radius 3 is 0.943 bits per heavy atom. The van der Waals surface area contributed by atoms with Crippen molar-refractivity contribution in [3.63, 3.8) is 0 Å². The van der Waals surface area contributed by atoms with Crippen LogP contribution in [0.25, 0.3) is 0 Å². The average Bonchev–Trinajstić information content (AvgIpc) is 3.36. The molecule has 0 rings (SSSR count). The van der Waals surface area contributed by atoms with Gasteiger partial charge in [-0.1, -0.05) is 251 Å². The Labute approximate surface area is 430 Å². The van der Waals surface area contributed by atoms with E-state index < -0.39 is 6.10 Å². The third-order valence-corrected chi connectivity index (χ3v) is 11.4. The zero-order chi connectivity index (χ0) is 50.7. The minimum atomic E-state index is -0.833. The highest BCUT2D eigenvalue weighted by Gasteiger charge is 2.19. The molecule has 0 N–H and O–H groups in total. The van der Waals surface area contributed by atoms with Gasteiger partial charge in [-0.2, -0.15) is 0 Å². The zero-order valence-electron chi connectivity index (χ0n) is 45.0. The summed E-state index contributed by atoms with van der Waals surface area (Å²) in [5.41, 5.74) is 0. The molecule has 1 unspecified atom stereocenters. The first-order valence-corrected chi connectivity index (χ1v) is 28.2. The van der Waals surface area contributed by atoms with E-state index in [4.69, 9.17) is 14.2 Å². The summed E-state index contributed by atoms with van der Waals surface area (Å²) in [6.07, 6.45) is 80.3. The van der Waals surface area contributed by atoms with Gasteiger partial charge in [-0.25, -0.2) is 0 Å². The molecule has 0 aromatic heterocycles. The number of hydrogen-bond acceptors (Lipinski definition) is 6. The Kier molecular flexibility index (Phi) is 53.5. The van der Waals surface area contributed by atoms with Crippen LogP contribution in [0.15, 0.2) is 134 Å². The second kappa shape index (κ2) is 57.1. The summed E-state index contributed by atoms with van der Waals surface area (Å²) in [5.74, 6) is -1.07. The molecule has 0 aliphatic carbocycles. The Bertz CT molecular complexity index is 1530. The van der Waals surface area contributed by atoms with Gasteiger partial charge >= 0.3 is 17.9 Å². The molecule has 0 amide bonds. The zero-order valence-corrected chi connectivity index (χ0v) is 45.0. The van der Waals surface area contributed by atoms with Crippen LogP contribution in [-0.4, -0.2) is 37.2 Å². The molecule has 0 saturated carbocycles. The van der Waals surface area contributed by atoms with E-state index in [-0.39, 0.29) is 44.0 Å². The van der Waals surface area contributed by atoms with Gasteiger partial charge in [0.1, 0.15) is 13.2 Å². The lowest BCUT2D eigenvalue weighted by atomic mass is 10.0. The number of hydrogen-bond donors (Lipinski definition) is 0. The molecule has 0 aliphatic heterocycles. The van der Waals surface area contributed by atoms with Crippen LogP contribution in [0.2, 0.25) is 0 Å². The van der Waals surface area contributed by atoms with Gasteiger partial charge in [0, 0.05) is 19.3 Å². The largest absolute Gasteiger partial charge is 0.462 e. The van der Waals surface area contributed by atoms with Crippen LogP contribution in [-0.2, 0) is 28.6 Å². The first kappa shape index (κ1) is 65.5. The van der Waals surface area contributed by atoms with Gasteiger partial charge in [0.05, 0.1) is 0 Å². The third kappa shape index (κ3) is 54.5. The maximum atomic E-state index is 12.8. The fourth-order valence-electron chi connectivity index (χ4n) is 7.27. The predicted molar refractivity (Wildman–Crippen MR) is 302 cm³/mol. The summed E-state index contributed by atoms with van der Waals surface area (Å²) in [4.78, 5) is 38.1. The van der Waals surface area contributed by atoms with E-state index in [1.807, 2.05) is 12.2 Å². The maximum absolute atomic E-state index is 12.8. The highest BCUT2D eigenvalue weighted by atomic mass is 16.6. The third-order valence-electron chi connectivity index (χ3n) is 11.4. The van der Waals surface area contributed by atoms with Gasteiger partial charge in [-0.15, -0.1) is 0 Å². The van der Waals surface area contributed by atoms with Gasteiger partial charge in [-0.05, 0) is 96.3 Å². The Morgan fingerprint density at radius 1 is 0.300 bits per heavy atom. The summed E-state index contributed by atoms with van der Waals surface area (Å²) in [7, 11) is 0. The van der Waals surface area contributed by atoms with Crippen molar-refractivity contribution in [1.29, 1.82) is 0 Å². The molecule has 6 heteroatoms. The molecule has 0 aromatic carbocycles. The molecule has 394 valence electrons. The van der Waals surface area contributed by atoms with Crippen molar-refractivity contribution in [3.8, 4) is 0 Å². The molecule has 0 saturated heterocycles. The molecule has 0 heterocycles. The topological polar surface area (TPSA) is 78.9 Å². The standard InChI is InChI=1S/C64H102O6/c1-4-7-10-13-16-19-22-25-27-29-30-31-32-33-34-35-37-39-42-45-48-51-54-57-63(66)69-60-61(59-68-62(65)56-53-50-47-44-41-38-24-21-18-15-12-9-6-3)70-64(67)58-55-52-49-46-43-40-36-28-26-23-20-17-14-11-8-5-2/h7,9-10,12,16,18-19,21,25,27,30-31,33-34,37-39,41,45,47-48,50,61H,4-6,8,11,13-15,17,20,22-24,26,28-29,32,35-36,40,42-44,46,49,51-60H2,1-3H3/b10-7-,12-9-,19-16-,21-18-,27-25-,31-30-,34-33-,39-37-,41-38-,48-45-,50-47-. The van der Waals surface area contributed by atoms with Crippen molar-refractivity contribution in [3.05, 3.63) is 134 Å². The van der Waals surface area contributed by atoms with Crippen LogP contribution in [0.4, 0.5) is 0 Å². The fourth-order valence-corrected chi connectivity index (χ4v) is 7.27. The van der Waals surface area contributed by atoms with E-state index in [1.54, 1.807) is 0 Å². The van der Waals surface area contributed by atoms with Crippen LogP contribution in [0.5, 0.6) is 0 Å². The second-order valence-electron chi connectivity index (χ2n) is 18.1. The first-order valence-electron chi connectivity index (χ1n) is 28.2. The SMILES string of the molecule is CC/C=C\C/C=C\C/C=C\C/C=C\C/C=C\C/C=C\C/C=C\CCCC(=O)OCC(COC(=O)CC/C=C\C/C=C\C/C=C\C/C=C\CC)OC(=O)CCCCCCCCCCCCCCCCCC. The summed E-state index contributed by atoms with van der Waals surface area (Å²) >= 11 is 0. The number of rotatable bonds is 49. The van der Waals surface area contributed by atoms with E-state index in [1.165, 1.54) is 83.5 Å². The average molecular weight is 968 g/mol. The van der Waals surface area contributed by atoms with Crippen LogP contribution < -0.4 is 0 Å². The summed E-state index contributed by atoms with van der Waals surface area (Å²) in [5, 5.41) is 0. The molecule has 70 heavy (non-hydrogen) atoms. The molecule has 1 atom stereocenters. The number of allylic oxidation sites excluding steroid dienone is 22. The number of ether oxygens (including phenoxy) is 3. The molecule has 0 radical (unpaired) electrons. The molecule has 0 fully saturated rings. The van der Waals surface area contributed by atoms with Crippen LogP contribution in [0.1, 0.15) is 233 Å². The number of carbonyl (C=O) groups excluding carboxylic acids is 3. The Morgan fingerprint density at radius 2 is 0.586 bits per heavy atom. The van der Waals surface area contributed by atoms with E-state index >= 15 is 0 Å². The van der Waals surface area contributed by atoms with Crippen molar-refractivity contribution >= 4 is 17.9 Å². The maximum Gasteiger partial charge on any atom is 0.306 e. The van der Waals surface area contributed by atoms with Crippen LogP contribution in [0, 0.1) is 0 Å². The minimum absolute atomic E-state index is 0.133. The van der Waals surface area contributed by atoms with Crippen molar-refractivity contribution in [2.24, 2.45) is 0 Å². The summed E-state index contributed by atoms with van der Waals surface area (Å²) < 4.78 is 16.7. The highest BCUT2D eigenvalue weighted by Crippen LogP contribution is 2.15. The van der Waals surface area contributed by atoms with Gasteiger partial charge in [0.2, 0.25) is 0 Å². The predicted octanol–water partition coefficient (Wildman–Crippen LogP) is 19.0. The van der Waals surface area contributed by atoms with Crippen molar-refractivity contribution < 1.29 is 28.6 Å². The van der Waals surface area contributed by atoms with Crippen LogP contribution in [0.3, 0.4) is 0 Å². The molecule has 6 nitrogen and oxygen atoms in total. The van der Waals surface area contributed by atoms with E-state index in [0.717, 1.165) is 96.3 Å². The number of esters is 3. The highest BCUT2D eigenvalue weighted by molar-refractivity contribution is 5.71. The molecular formula is C64H102O6. The Hall–Kier alpha value is -4.45. The van der Waals surface area contributed by atoms with Crippen molar-refractivity contribution in [1.82, 2.24) is 0 Å². The summed E-state index contributed by atoms with van der Waals surface area (Å²) in [6, 6.07) is 0. The van der Waals surface area contributed by atoms with E-state index in [9.17, 15) is 14.4 Å². The van der Waals surface area contributed by atoms with Gasteiger partial charge < -0.3 is 14.2 Å². The van der Waals surface area contributed by atoms with E-state index in [2.05, 4.69) is 142 Å². The fraction of sp³-hybridized carbons (Fsp3) is 0.609. The van der Waals surface area contributed by atoms with Gasteiger partial charge in [-0.3, -0.25) is 14.4 Å². The van der Waals surface area contributed by atoms with Crippen LogP contribution >= 0.6 is 0 Å². The molecular weight excluding hydrogens is 865 g/mol. The molecule has 0 spiro atoms. The second-order valence-corrected chi connectivity index (χ2v) is 18.1. The first-order chi connectivity index (χ1) is 34.5. The lowest BCUT2D eigenvalue weighted by Gasteiger charge is -2.18. The van der Waals surface area contributed by atoms with Crippen molar-refractivity contribution in [2.75, 3.05) is 13.2 Å². The van der Waals surface area contributed by atoms with Gasteiger partial charge in [0.15, 0.2) is 6.10 Å². The van der Waals surface area contributed by atoms with E-state index in [0.29, 0.717) is 19.3 Å². The lowest BCUT2D eigenvalue weighted by Crippen LogP contribution is -2.30. The Balaban J connectivity index is 4.53. The minimum Gasteiger partial charge on any atom is -0.462 e. The monoisotopic (exact) mass is 967 g/mol. The molecule has 0 aliphatic rings. The summed E-state index contributed by atoms with van der Waals surface area (Å²) in [6.45, 7) is 6.29. The van der Waals surface area contributed by atoms with Crippen molar-refractivity contribution in [2.45, 2.75) is 239 Å². The molecule has 0 bridgehead atoms. The number of unbranched alkanes of at least 4 members (excludes halogenated alkanes) is 16. The molecule has 0 aromatic rings. The lowest BCUT2D eigenvalue weighted by molar-refractivity contribution is -0.166. The van der Waals surface area contributed by atoms with Gasteiger partial charge in [0.25, 0.3) is 0 Å². The number of carbonyl (C=O) groups is 3. The normalized spacial score (nSPS) is 13.1.